The van der Waals surface area contributed by atoms with Gasteiger partial charge >= 0.3 is 17.3 Å². The molecule has 116 valence electrons. The van der Waals surface area contributed by atoms with Crippen molar-refractivity contribution in [1.29, 1.82) is 0 Å². The highest BCUT2D eigenvalue weighted by molar-refractivity contribution is 7.98. The summed E-state index contributed by atoms with van der Waals surface area (Å²) in [6.07, 6.45) is 3.45. The molecule has 2 unspecified atom stereocenters. The molecule has 0 saturated heterocycles. The Kier molecular flexibility index (Phi) is 6.72. The molecule has 0 aromatic rings. The van der Waals surface area contributed by atoms with E-state index in [0.29, 0.717) is 37.4 Å². The van der Waals surface area contributed by atoms with Crippen LogP contribution in [0.5, 0.6) is 0 Å². The van der Waals surface area contributed by atoms with Crippen molar-refractivity contribution in [2.75, 3.05) is 18.6 Å². The number of hydroxylamine groups is 2. The number of thioether (sulfide) groups is 1. The highest BCUT2D eigenvalue weighted by atomic mass is 32.2. The molecule has 10 heteroatoms. The molecule has 1 aliphatic rings. The van der Waals surface area contributed by atoms with Crippen LogP contribution in [0.3, 0.4) is 0 Å². The topological polar surface area (TPSA) is 114 Å². The predicted molar refractivity (Wildman–Crippen MR) is 76.9 cm³/mol. The third-order valence-electron chi connectivity index (χ3n) is 2.80. The minimum atomic E-state index is -1.91. The van der Waals surface area contributed by atoms with Crippen molar-refractivity contribution in [2.24, 2.45) is 10.9 Å². The normalized spacial score (nSPS) is 21.9. The van der Waals surface area contributed by atoms with E-state index in [4.69, 9.17) is 15.1 Å². The van der Waals surface area contributed by atoms with Gasteiger partial charge in [-0.1, -0.05) is 5.16 Å². The van der Waals surface area contributed by atoms with Gasteiger partial charge in [0.1, 0.15) is 5.54 Å². The lowest BCUT2D eigenvalue weighted by atomic mass is 9.96. The fourth-order valence-electron chi connectivity index (χ4n) is 1.66. The number of carboxylic acids is 1. The monoisotopic (exact) mass is 325 g/mol. The third-order valence-corrected chi connectivity index (χ3v) is 4.11. The molecule has 0 bridgehead atoms. The number of nitrogens with zero attached hydrogens (tertiary/aromatic N) is 2. The second-order valence-corrected chi connectivity index (χ2v) is 6.02. The second kappa shape index (κ2) is 7.81. The Morgan fingerprint density at radius 1 is 1.60 bits per heavy atom. The van der Waals surface area contributed by atoms with Gasteiger partial charge < -0.3 is 10.8 Å². The van der Waals surface area contributed by atoms with Crippen LogP contribution in [0.4, 0.5) is 0 Å². The number of unbranched alkanes of at least 4 members (excludes halogenated alkanes) is 1. The first-order valence-corrected chi connectivity index (χ1v) is 8.39. The maximum Gasteiger partial charge on any atom is 0.404 e. The van der Waals surface area contributed by atoms with Gasteiger partial charge in [-0.15, -0.1) is 4.28 Å². The van der Waals surface area contributed by atoms with Crippen molar-refractivity contribution in [2.45, 2.75) is 31.7 Å². The Morgan fingerprint density at radius 2 is 2.30 bits per heavy atom. The summed E-state index contributed by atoms with van der Waals surface area (Å²) in [4.78, 5) is 11.2. The summed E-state index contributed by atoms with van der Waals surface area (Å²) in [5.74, 6) is -0.166. The maximum atomic E-state index is 11.2. The number of hydrogen-bond acceptors (Lipinski definition) is 8. The Labute approximate surface area is 124 Å². The molecule has 0 aromatic carbocycles. The number of rotatable bonds is 8. The molecule has 1 heterocycles. The van der Waals surface area contributed by atoms with E-state index in [1.165, 1.54) is 16.8 Å². The summed E-state index contributed by atoms with van der Waals surface area (Å²) in [6, 6.07) is 0. The van der Waals surface area contributed by atoms with E-state index in [0.717, 1.165) is 0 Å². The third kappa shape index (κ3) is 4.93. The van der Waals surface area contributed by atoms with Gasteiger partial charge in [-0.2, -0.15) is 16.0 Å². The minimum absolute atomic E-state index is 0.362. The number of oxime groups is 1. The molecular weight excluding hydrogens is 306 g/mol. The van der Waals surface area contributed by atoms with Crippen molar-refractivity contribution >= 4 is 34.9 Å². The van der Waals surface area contributed by atoms with Crippen molar-refractivity contribution < 1.29 is 22.7 Å². The first-order valence-electron chi connectivity index (χ1n) is 6.00. The van der Waals surface area contributed by atoms with Crippen LogP contribution in [0, 0.1) is 0 Å². The van der Waals surface area contributed by atoms with Crippen LogP contribution in [-0.4, -0.2) is 50.3 Å². The molecular formula is C10H19N3O5S2. The average molecular weight is 325 g/mol. The van der Waals surface area contributed by atoms with E-state index in [1.807, 2.05) is 6.26 Å². The molecule has 8 nitrogen and oxygen atoms in total. The van der Waals surface area contributed by atoms with Crippen molar-refractivity contribution in [3.63, 3.8) is 0 Å². The first kappa shape index (κ1) is 17.2. The molecule has 2 atom stereocenters. The smallest absolute Gasteiger partial charge is 0.404 e. The van der Waals surface area contributed by atoms with Gasteiger partial charge in [0.05, 0.1) is 0 Å². The number of carboxylic acid groups (broad SMARTS) is 1. The predicted octanol–water partition coefficient (Wildman–Crippen LogP) is 0.478. The van der Waals surface area contributed by atoms with Gasteiger partial charge in [0.2, 0.25) is 0 Å². The fourth-order valence-corrected chi connectivity index (χ4v) is 2.97. The van der Waals surface area contributed by atoms with Gasteiger partial charge in [-0.3, -0.25) is 9.08 Å². The van der Waals surface area contributed by atoms with E-state index in [9.17, 15) is 9.00 Å². The minimum Gasteiger partial charge on any atom is -0.480 e. The van der Waals surface area contributed by atoms with Crippen LogP contribution >= 0.6 is 11.8 Å². The van der Waals surface area contributed by atoms with Gasteiger partial charge in [-0.05, 0) is 32.4 Å². The summed E-state index contributed by atoms with van der Waals surface area (Å²) in [5.41, 5.74) is 4.65. The zero-order valence-corrected chi connectivity index (χ0v) is 13.0. The molecule has 0 spiro atoms. The lowest BCUT2D eigenvalue weighted by Gasteiger charge is -2.25. The lowest BCUT2D eigenvalue weighted by Crippen LogP contribution is -2.50. The molecule has 1 aliphatic heterocycles. The van der Waals surface area contributed by atoms with Crippen LogP contribution in [0.25, 0.3) is 0 Å². The standard InChI is InChI=1S/C10H19N3O5S2/c1-8-12-17-20(16)18-13(8)6-4-3-5-10(11,7-19-2)9(14)15/h3-7,11H2,1-2H3,(H,14,15). The van der Waals surface area contributed by atoms with Crippen LogP contribution in [0.15, 0.2) is 5.16 Å². The number of amidine groups is 1. The van der Waals surface area contributed by atoms with Crippen LogP contribution in [0.1, 0.15) is 26.2 Å². The molecule has 1 rings (SSSR count). The van der Waals surface area contributed by atoms with Crippen molar-refractivity contribution in [3.8, 4) is 0 Å². The number of nitrogens with two attached hydrogens (primary N) is 1. The fraction of sp³-hybridized carbons (Fsp3) is 0.800. The summed E-state index contributed by atoms with van der Waals surface area (Å²) in [7, 11) is 0. The Morgan fingerprint density at radius 3 is 2.90 bits per heavy atom. The average Bonchev–Trinajstić information content (AvgIpc) is 2.38. The highest BCUT2D eigenvalue weighted by Crippen LogP contribution is 2.17. The van der Waals surface area contributed by atoms with Gasteiger partial charge in [0.15, 0.2) is 5.84 Å². The SMILES string of the molecule is CSCC(N)(CCCCN1OS(=O)ON=C1C)C(=O)O. The van der Waals surface area contributed by atoms with Gasteiger partial charge in [0, 0.05) is 12.3 Å². The van der Waals surface area contributed by atoms with E-state index in [2.05, 4.69) is 9.44 Å². The molecule has 0 aliphatic carbocycles. The maximum absolute atomic E-state index is 11.2. The number of hydrogen-bond donors (Lipinski definition) is 2. The van der Waals surface area contributed by atoms with E-state index < -0.39 is 22.9 Å². The number of carbonyl (C=O) groups is 1. The van der Waals surface area contributed by atoms with Gasteiger partial charge in [-0.25, -0.2) is 5.06 Å². The molecule has 20 heavy (non-hydrogen) atoms. The molecule has 3 N–H and O–H groups in total. The van der Waals surface area contributed by atoms with E-state index >= 15 is 0 Å². The largest absolute Gasteiger partial charge is 0.480 e. The molecule has 0 radical (unpaired) electrons. The Balaban J connectivity index is 2.37. The Bertz CT molecular complexity index is 406. The molecule has 0 aromatic heterocycles. The van der Waals surface area contributed by atoms with E-state index in [1.54, 1.807) is 6.92 Å². The summed E-state index contributed by atoms with van der Waals surface area (Å²) >= 11 is -0.501. The van der Waals surface area contributed by atoms with Crippen LogP contribution in [0.2, 0.25) is 0 Å². The first-order chi connectivity index (χ1) is 9.39. The zero-order chi connectivity index (χ0) is 15.2. The number of aliphatic carboxylic acids is 1. The zero-order valence-electron chi connectivity index (χ0n) is 11.4. The summed E-state index contributed by atoms with van der Waals surface area (Å²) in [6.45, 7) is 2.11. The highest BCUT2D eigenvalue weighted by Gasteiger charge is 2.32. The summed E-state index contributed by atoms with van der Waals surface area (Å²) in [5, 5.41) is 14.1. The lowest BCUT2D eigenvalue weighted by molar-refractivity contribution is -0.142. The Hall–Kier alpha value is -0.840. The summed E-state index contributed by atoms with van der Waals surface area (Å²) < 4.78 is 20.4. The van der Waals surface area contributed by atoms with E-state index in [-0.39, 0.29) is 0 Å². The molecule has 0 amide bonds. The van der Waals surface area contributed by atoms with Crippen LogP contribution < -0.4 is 5.73 Å². The quantitative estimate of drug-likeness (QED) is 0.619. The molecule has 0 fully saturated rings. The van der Waals surface area contributed by atoms with Gasteiger partial charge in [0.25, 0.3) is 0 Å². The van der Waals surface area contributed by atoms with Crippen molar-refractivity contribution in [1.82, 2.24) is 5.06 Å². The second-order valence-electron chi connectivity index (χ2n) is 4.45. The van der Waals surface area contributed by atoms with Crippen LogP contribution in [-0.2, 0) is 24.7 Å². The molecule has 0 saturated carbocycles. The van der Waals surface area contributed by atoms with Crippen molar-refractivity contribution in [3.05, 3.63) is 0 Å².